The minimum Gasteiger partial charge on any atom is -0.493 e. The number of nitrogens with zero attached hydrogens (tertiary/aromatic N) is 3. The molecule has 0 aromatic heterocycles. The van der Waals surface area contributed by atoms with Crippen molar-refractivity contribution in [3.63, 3.8) is 0 Å². The Hall–Kier alpha value is -3.69. The third kappa shape index (κ3) is 5.13. The number of hydrogen-bond donors (Lipinski definition) is 0. The van der Waals surface area contributed by atoms with Crippen molar-refractivity contribution in [2.45, 2.75) is 6.92 Å². The molecule has 3 aromatic rings. The highest BCUT2D eigenvalue weighted by Gasteiger charge is 2.23. The third-order valence-corrected chi connectivity index (χ3v) is 5.02. The molecule has 11 heteroatoms. The molecule has 0 aliphatic heterocycles. The lowest BCUT2D eigenvalue weighted by Crippen LogP contribution is -1.98. The van der Waals surface area contributed by atoms with Gasteiger partial charge in [-0.1, -0.05) is 29.3 Å². The van der Waals surface area contributed by atoms with E-state index in [4.69, 9.17) is 32.7 Å². The van der Waals surface area contributed by atoms with Crippen LogP contribution in [-0.4, -0.2) is 23.2 Å². The fourth-order valence-electron chi connectivity index (χ4n) is 2.68. The first-order chi connectivity index (χ1) is 15.2. The monoisotopic (exact) mass is 475 g/mol. The van der Waals surface area contributed by atoms with Gasteiger partial charge >= 0.3 is 5.69 Å². The molecule has 32 heavy (non-hydrogen) atoms. The lowest BCUT2D eigenvalue weighted by molar-refractivity contribution is -0.394. The summed E-state index contributed by atoms with van der Waals surface area (Å²) < 4.78 is 10.9. The number of non-ortho nitro benzene ring substituents is 1. The zero-order valence-electron chi connectivity index (χ0n) is 16.7. The number of rotatable bonds is 7. The maximum absolute atomic E-state index is 11.4. The van der Waals surface area contributed by atoms with E-state index in [1.165, 1.54) is 13.2 Å². The second-order valence-electron chi connectivity index (χ2n) is 6.49. The van der Waals surface area contributed by atoms with Gasteiger partial charge in [-0.15, -0.1) is 0 Å². The van der Waals surface area contributed by atoms with E-state index in [2.05, 4.69) is 4.99 Å². The number of ether oxygens (including phenoxy) is 2. The molecule has 0 heterocycles. The van der Waals surface area contributed by atoms with E-state index in [0.29, 0.717) is 16.3 Å². The van der Waals surface area contributed by atoms with Crippen molar-refractivity contribution in [2.75, 3.05) is 7.11 Å². The van der Waals surface area contributed by atoms with Gasteiger partial charge in [0, 0.05) is 17.3 Å². The van der Waals surface area contributed by atoms with E-state index in [0.717, 1.165) is 23.8 Å². The van der Waals surface area contributed by atoms with Crippen LogP contribution < -0.4 is 9.47 Å². The predicted octanol–water partition coefficient (Wildman–Crippen LogP) is 6.67. The van der Waals surface area contributed by atoms with Crippen LogP contribution in [0.2, 0.25) is 10.0 Å². The molecule has 3 aromatic carbocycles. The average molecular weight is 476 g/mol. The molecular formula is C21H15Cl2N3O6. The Morgan fingerprint density at radius 1 is 0.938 bits per heavy atom. The quantitative estimate of drug-likeness (QED) is 0.214. The lowest BCUT2D eigenvalue weighted by Gasteiger charge is -2.13. The van der Waals surface area contributed by atoms with Gasteiger partial charge in [0.1, 0.15) is 0 Å². The van der Waals surface area contributed by atoms with Gasteiger partial charge in [-0.05, 0) is 48.4 Å². The fraction of sp³-hybridized carbons (Fsp3) is 0.0952. The van der Waals surface area contributed by atoms with Crippen molar-refractivity contribution >= 4 is 46.5 Å². The average Bonchev–Trinajstić information content (AvgIpc) is 2.75. The molecule has 0 atom stereocenters. The van der Waals surface area contributed by atoms with E-state index < -0.39 is 21.2 Å². The van der Waals surface area contributed by atoms with Crippen LogP contribution in [0.1, 0.15) is 11.1 Å². The van der Waals surface area contributed by atoms with Crippen LogP contribution in [0.3, 0.4) is 0 Å². The summed E-state index contributed by atoms with van der Waals surface area (Å²) in [5.74, 6) is -0.0216. The smallest absolute Gasteiger partial charge is 0.318 e. The number of hydrogen-bond acceptors (Lipinski definition) is 7. The van der Waals surface area contributed by atoms with Crippen molar-refractivity contribution < 1.29 is 19.3 Å². The number of benzene rings is 3. The molecule has 0 unspecified atom stereocenters. The number of halogens is 2. The first-order valence-corrected chi connectivity index (χ1v) is 9.73. The summed E-state index contributed by atoms with van der Waals surface area (Å²) in [7, 11) is 1.38. The minimum absolute atomic E-state index is 0.0154. The molecule has 0 amide bonds. The molecule has 0 aliphatic carbocycles. The fourth-order valence-corrected chi connectivity index (χ4v) is 3.12. The number of aryl methyl sites for hydroxylation is 1. The second-order valence-corrected chi connectivity index (χ2v) is 7.31. The number of nitro benzene ring substituents is 2. The van der Waals surface area contributed by atoms with Crippen molar-refractivity contribution in [1.82, 2.24) is 0 Å². The van der Waals surface area contributed by atoms with E-state index >= 15 is 0 Å². The molecule has 0 radical (unpaired) electrons. The topological polar surface area (TPSA) is 117 Å². The summed E-state index contributed by atoms with van der Waals surface area (Å²) in [4.78, 5) is 25.1. The summed E-state index contributed by atoms with van der Waals surface area (Å²) in [5.41, 5.74) is 1.12. The molecule has 9 nitrogen and oxygen atoms in total. The predicted molar refractivity (Wildman–Crippen MR) is 121 cm³/mol. The molecule has 3 rings (SSSR count). The van der Waals surface area contributed by atoms with Crippen LogP contribution in [0.25, 0.3) is 0 Å². The molecular weight excluding hydrogens is 461 g/mol. The zero-order valence-corrected chi connectivity index (χ0v) is 18.3. The molecule has 0 N–H and O–H groups in total. The highest BCUT2D eigenvalue weighted by atomic mass is 35.5. The molecule has 164 valence electrons. The first-order valence-electron chi connectivity index (χ1n) is 8.98. The number of aliphatic imine (C=N–C) groups is 1. The van der Waals surface area contributed by atoms with Crippen molar-refractivity contribution in [3.8, 4) is 17.2 Å². The van der Waals surface area contributed by atoms with Crippen molar-refractivity contribution in [3.05, 3.63) is 89.9 Å². The van der Waals surface area contributed by atoms with Gasteiger partial charge in [0.05, 0.1) is 33.7 Å². The van der Waals surface area contributed by atoms with Crippen LogP contribution in [0.15, 0.2) is 53.5 Å². The molecule has 0 saturated heterocycles. The lowest BCUT2D eigenvalue weighted by atomic mass is 10.2. The maximum Gasteiger partial charge on any atom is 0.318 e. The van der Waals surface area contributed by atoms with Gasteiger partial charge in [-0.2, -0.15) is 0 Å². The summed E-state index contributed by atoms with van der Waals surface area (Å²) in [6.07, 6.45) is 1.55. The largest absolute Gasteiger partial charge is 0.493 e. The standard InChI is InChI=1S/C21H15Cl2N3O6/c1-12-3-4-14(9-16(12)22)24-11-13-7-17(23)21(20(8-13)31-2)32-19-6-5-15(25(27)28)10-18(19)26(29)30/h3-11H,1-2H3. The van der Waals surface area contributed by atoms with Crippen LogP contribution in [0.5, 0.6) is 17.2 Å². The Bertz CT molecular complexity index is 1250. The minimum atomic E-state index is -0.781. The van der Waals surface area contributed by atoms with Gasteiger partial charge < -0.3 is 9.47 Å². The van der Waals surface area contributed by atoms with E-state index in [1.54, 1.807) is 18.3 Å². The summed E-state index contributed by atoms with van der Waals surface area (Å²) in [6.45, 7) is 1.88. The molecule has 0 bridgehead atoms. The highest BCUT2D eigenvalue weighted by molar-refractivity contribution is 6.32. The maximum atomic E-state index is 11.4. The first kappa shape index (κ1) is 23.0. The molecule has 0 aliphatic rings. The van der Waals surface area contributed by atoms with E-state index in [-0.39, 0.29) is 22.3 Å². The van der Waals surface area contributed by atoms with E-state index in [9.17, 15) is 20.2 Å². The van der Waals surface area contributed by atoms with Crippen LogP contribution in [-0.2, 0) is 0 Å². The van der Waals surface area contributed by atoms with Crippen LogP contribution >= 0.6 is 23.2 Å². The van der Waals surface area contributed by atoms with Crippen molar-refractivity contribution in [1.29, 1.82) is 0 Å². The SMILES string of the molecule is COc1cc(C=Nc2ccc(C)c(Cl)c2)cc(Cl)c1Oc1ccc([N+](=O)[O-])cc1[N+](=O)[O-]. The third-order valence-electron chi connectivity index (χ3n) is 4.33. The number of nitro groups is 2. The van der Waals surface area contributed by atoms with Crippen LogP contribution in [0.4, 0.5) is 17.1 Å². The summed E-state index contributed by atoms with van der Waals surface area (Å²) in [6, 6.07) is 11.5. The highest BCUT2D eigenvalue weighted by Crippen LogP contribution is 2.42. The van der Waals surface area contributed by atoms with Crippen LogP contribution in [0, 0.1) is 27.2 Å². The summed E-state index contributed by atoms with van der Waals surface area (Å²) in [5, 5.41) is 23.0. The Morgan fingerprint density at radius 3 is 2.31 bits per heavy atom. The van der Waals surface area contributed by atoms with Gasteiger partial charge in [-0.25, -0.2) is 0 Å². The van der Waals surface area contributed by atoms with E-state index in [1.807, 2.05) is 19.1 Å². The molecule has 0 fully saturated rings. The normalized spacial score (nSPS) is 10.9. The summed E-state index contributed by atoms with van der Waals surface area (Å²) >= 11 is 12.5. The Labute approximate surface area is 192 Å². The van der Waals surface area contributed by atoms with Gasteiger partial charge in [0.15, 0.2) is 11.5 Å². The van der Waals surface area contributed by atoms with Gasteiger partial charge in [0.25, 0.3) is 5.69 Å². The molecule has 0 saturated carbocycles. The second kappa shape index (κ2) is 9.63. The van der Waals surface area contributed by atoms with Gasteiger partial charge in [-0.3, -0.25) is 25.2 Å². The Kier molecular flexibility index (Phi) is 6.92. The number of methoxy groups -OCH3 is 1. The Morgan fingerprint density at radius 2 is 1.69 bits per heavy atom. The van der Waals surface area contributed by atoms with Gasteiger partial charge in [0.2, 0.25) is 5.75 Å². The Balaban J connectivity index is 1.95. The zero-order chi connectivity index (χ0) is 23.4. The molecule has 0 spiro atoms. The van der Waals surface area contributed by atoms with Crippen molar-refractivity contribution in [2.24, 2.45) is 4.99 Å².